The maximum absolute atomic E-state index is 4.65. The normalized spacial score (nSPS) is 12.2. The van der Waals surface area contributed by atoms with E-state index < -0.39 is 0 Å². The molecule has 0 aliphatic heterocycles. The van der Waals surface area contributed by atoms with Gasteiger partial charge in [-0.2, -0.15) is 0 Å². The Morgan fingerprint density at radius 1 is 0.446 bits per heavy atom. The molecule has 1 nitrogen and oxygen atoms in total. The number of aryl methyl sites for hydroxylation is 1. The third-order valence-corrected chi connectivity index (χ3v) is 11.5. The van der Waals surface area contributed by atoms with Crippen LogP contribution in [0.2, 0.25) is 0 Å². The monoisotopic (exact) mass is 715 g/mol. The van der Waals surface area contributed by atoms with E-state index in [1.807, 2.05) is 0 Å². The Labute approximate surface area is 328 Å². The van der Waals surface area contributed by atoms with Crippen LogP contribution in [-0.2, 0) is 0 Å². The quantitative estimate of drug-likeness (QED) is 0.159. The van der Waals surface area contributed by atoms with Crippen LogP contribution < -0.4 is 15.3 Å². The summed E-state index contributed by atoms with van der Waals surface area (Å²) in [6, 6.07) is 66.4. The highest BCUT2D eigenvalue weighted by atomic mass is 15.1. The van der Waals surface area contributed by atoms with Crippen molar-refractivity contribution >= 4 is 61.5 Å². The summed E-state index contributed by atoms with van der Waals surface area (Å²) in [5, 5.41) is 10.3. The third-order valence-electron chi connectivity index (χ3n) is 11.5. The number of benzene rings is 9. The van der Waals surface area contributed by atoms with E-state index in [1.54, 1.807) is 0 Å². The molecule has 0 amide bonds. The molecule has 0 bridgehead atoms. The van der Waals surface area contributed by atoms with Crippen molar-refractivity contribution < 1.29 is 0 Å². The average molecular weight is 716 g/mol. The van der Waals surface area contributed by atoms with Crippen LogP contribution in [0.15, 0.2) is 189 Å². The molecule has 0 saturated carbocycles. The van der Waals surface area contributed by atoms with Crippen molar-refractivity contribution in [3.8, 4) is 33.4 Å². The first kappa shape index (κ1) is 33.6. The number of hydrogen-bond acceptors (Lipinski definition) is 1. The molecule has 1 aliphatic carbocycles. The Balaban J connectivity index is 1.15. The van der Waals surface area contributed by atoms with Crippen molar-refractivity contribution in [3.05, 3.63) is 210 Å². The number of nitrogens with zero attached hydrogens (tertiary/aromatic N) is 1. The van der Waals surface area contributed by atoms with Crippen molar-refractivity contribution in [2.45, 2.75) is 19.8 Å². The fourth-order valence-electron chi connectivity index (χ4n) is 8.72. The molecular weight excluding hydrogens is 675 g/mol. The van der Waals surface area contributed by atoms with Crippen LogP contribution in [0.5, 0.6) is 0 Å². The van der Waals surface area contributed by atoms with E-state index in [0.29, 0.717) is 0 Å². The number of rotatable bonds is 7. The minimum absolute atomic E-state index is 0.938. The summed E-state index contributed by atoms with van der Waals surface area (Å²) in [6.45, 7) is 6.81. The zero-order valence-electron chi connectivity index (χ0n) is 31.5. The molecule has 0 heterocycles. The molecule has 0 N–H and O–H groups in total. The molecule has 0 fully saturated rings. The Bertz CT molecular complexity index is 3100. The summed E-state index contributed by atoms with van der Waals surface area (Å²) in [4.78, 5) is 2.27. The van der Waals surface area contributed by atoms with Gasteiger partial charge in [-0.1, -0.05) is 164 Å². The average Bonchev–Trinajstić information content (AvgIpc) is 3.26. The largest absolute Gasteiger partial charge is 0.310 e. The van der Waals surface area contributed by atoms with Gasteiger partial charge in [0.15, 0.2) is 0 Å². The lowest BCUT2D eigenvalue weighted by molar-refractivity contribution is 1.12. The standard InChI is InChI=1S/C55H41N/c1-37-14-6-13-23-53(37)56(48-19-4-3-5-20-48)38(2)39-24-26-42(27-25-39)45-32-33-51-52(36-45)55(47-31-29-41-16-8-10-18-44(41)35-47)50-22-12-11-21-49(50)54(51)46-30-28-40-15-7-9-17-43(40)34-46/h3-10,13-36H,2,11-12H2,1H3. The number of anilines is 2. The zero-order valence-corrected chi connectivity index (χ0v) is 31.5. The maximum Gasteiger partial charge on any atom is 0.0490 e. The summed E-state index contributed by atoms with van der Waals surface area (Å²) in [5.41, 5.74) is 12.9. The van der Waals surface area contributed by atoms with Gasteiger partial charge < -0.3 is 4.90 Å². The summed E-state index contributed by atoms with van der Waals surface area (Å²) >= 11 is 0. The first-order valence-corrected chi connectivity index (χ1v) is 19.6. The summed E-state index contributed by atoms with van der Waals surface area (Å²) < 4.78 is 0. The zero-order chi connectivity index (χ0) is 37.6. The lowest BCUT2D eigenvalue weighted by atomic mass is 9.84. The van der Waals surface area contributed by atoms with E-state index >= 15 is 0 Å². The van der Waals surface area contributed by atoms with Crippen molar-refractivity contribution in [1.82, 2.24) is 0 Å². The molecule has 1 aliphatic rings. The van der Waals surface area contributed by atoms with Crippen LogP contribution in [0, 0.1) is 6.92 Å². The van der Waals surface area contributed by atoms with Crippen LogP contribution in [0.3, 0.4) is 0 Å². The van der Waals surface area contributed by atoms with E-state index in [0.717, 1.165) is 35.5 Å². The van der Waals surface area contributed by atoms with Crippen LogP contribution >= 0.6 is 0 Å². The second kappa shape index (κ2) is 14.0. The summed E-state index contributed by atoms with van der Waals surface area (Å²) in [6.07, 6.45) is 7.02. The van der Waals surface area contributed by atoms with E-state index in [2.05, 4.69) is 213 Å². The van der Waals surface area contributed by atoms with Gasteiger partial charge in [0, 0.05) is 17.1 Å². The predicted molar refractivity (Wildman–Crippen MR) is 241 cm³/mol. The Kier molecular flexibility index (Phi) is 8.42. The molecule has 266 valence electrons. The van der Waals surface area contributed by atoms with Gasteiger partial charge in [0.1, 0.15) is 0 Å². The molecule has 1 heteroatoms. The predicted octanol–water partition coefficient (Wildman–Crippen LogP) is 13.6. The summed E-state index contributed by atoms with van der Waals surface area (Å²) in [5.74, 6) is 0. The molecule has 0 atom stereocenters. The molecule has 56 heavy (non-hydrogen) atoms. The molecule has 9 aromatic rings. The van der Waals surface area contributed by atoms with Crippen LogP contribution in [0.25, 0.3) is 83.5 Å². The van der Waals surface area contributed by atoms with Gasteiger partial charge in [-0.15, -0.1) is 0 Å². The Morgan fingerprint density at radius 2 is 0.964 bits per heavy atom. The van der Waals surface area contributed by atoms with Crippen molar-refractivity contribution in [2.75, 3.05) is 4.90 Å². The Morgan fingerprint density at radius 3 is 1.59 bits per heavy atom. The van der Waals surface area contributed by atoms with Crippen LogP contribution in [-0.4, -0.2) is 0 Å². The lowest BCUT2D eigenvalue weighted by Gasteiger charge is -2.29. The van der Waals surface area contributed by atoms with E-state index in [9.17, 15) is 0 Å². The molecule has 0 radical (unpaired) electrons. The first-order chi connectivity index (χ1) is 27.6. The Hall–Kier alpha value is -6.96. The van der Waals surface area contributed by atoms with Gasteiger partial charge in [0.05, 0.1) is 0 Å². The van der Waals surface area contributed by atoms with Gasteiger partial charge in [0.25, 0.3) is 0 Å². The fraction of sp³-hybridized carbons (Fsp3) is 0.0545. The van der Waals surface area contributed by atoms with Crippen molar-refractivity contribution in [1.29, 1.82) is 0 Å². The molecule has 9 aromatic carbocycles. The highest BCUT2D eigenvalue weighted by Crippen LogP contribution is 2.39. The minimum Gasteiger partial charge on any atom is -0.310 e. The highest BCUT2D eigenvalue weighted by Gasteiger charge is 2.19. The van der Waals surface area contributed by atoms with Gasteiger partial charge in [-0.25, -0.2) is 0 Å². The molecule has 0 unspecified atom stereocenters. The topological polar surface area (TPSA) is 3.24 Å². The van der Waals surface area contributed by atoms with E-state index in [4.69, 9.17) is 0 Å². The van der Waals surface area contributed by atoms with Gasteiger partial charge in [0.2, 0.25) is 0 Å². The third kappa shape index (κ3) is 5.90. The smallest absolute Gasteiger partial charge is 0.0490 e. The molecule has 0 spiro atoms. The van der Waals surface area contributed by atoms with E-state index in [-0.39, 0.29) is 0 Å². The van der Waals surface area contributed by atoms with Gasteiger partial charge in [-0.05, 0) is 143 Å². The highest BCUT2D eigenvalue weighted by molar-refractivity contribution is 6.09. The summed E-state index contributed by atoms with van der Waals surface area (Å²) in [7, 11) is 0. The van der Waals surface area contributed by atoms with Crippen molar-refractivity contribution in [3.63, 3.8) is 0 Å². The maximum atomic E-state index is 4.65. The molecule has 0 aromatic heterocycles. The van der Waals surface area contributed by atoms with Gasteiger partial charge in [-0.3, -0.25) is 0 Å². The first-order valence-electron chi connectivity index (χ1n) is 19.6. The number of fused-ring (bicyclic) bond motifs is 4. The van der Waals surface area contributed by atoms with Crippen molar-refractivity contribution in [2.24, 2.45) is 0 Å². The number of para-hydroxylation sites is 2. The number of hydrogen-bond donors (Lipinski definition) is 0. The van der Waals surface area contributed by atoms with E-state index in [1.165, 1.54) is 81.7 Å². The molecular formula is C55H41N. The fourth-order valence-corrected chi connectivity index (χ4v) is 8.72. The van der Waals surface area contributed by atoms with Gasteiger partial charge >= 0.3 is 0 Å². The SMILES string of the molecule is C=C(c1ccc(-c2ccc3c(-c4ccc5ccccc5c4)c4c(c(-c5ccc6ccccc6c5)c3c2)=CCCC=4)cc1)N(c1ccccc1)c1ccccc1C. The second-order valence-corrected chi connectivity index (χ2v) is 14.9. The second-order valence-electron chi connectivity index (χ2n) is 14.9. The minimum atomic E-state index is 0.938. The molecule has 10 rings (SSSR count). The van der Waals surface area contributed by atoms with Crippen LogP contribution in [0.1, 0.15) is 24.0 Å². The molecule has 0 saturated heterocycles. The lowest BCUT2D eigenvalue weighted by Crippen LogP contribution is -2.31. The van der Waals surface area contributed by atoms with Crippen LogP contribution in [0.4, 0.5) is 11.4 Å².